The van der Waals surface area contributed by atoms with Crippen molar-refractivity contribution in [3.63, 3.8) is 0 Å². The highest BCUT2D eigenvalue weighted by atomic mass is 16.5. The van der Waals surface area contributed by atoms with Gasteiger partial charge in [-0.15, -0.1) is 0 Å². The molecule has 1 aromatic carbocycles. The van der Waals surface area contributed by atoms with E-state index in [1.54, 1.807) is 13.3 Å². The van der Waals surface area contributed by atoms with Gasteiger partial charge in [0, 0.05) is 24.2 Å². The fourth-order valence-corrected chi connectivity index (χ4v) is 3.06. The highest BCUT2D eigenvalue weighted by Gasteiger charge is 2.36. The average molecular weight is 286 g/mol. The second-order valence-corrected chi connectivity index (χ2v) is 5.39. The Balaban J connectivity index is 2.03. The molecule has 2 heterocycles. The lowest BCUT2D eigenvalue weighted by Crippen LogP contribution is -2.33. The third kappa shape index (κ3) is 2.28. The molecule has 5 heteroatoms. The number of carboxylic acids is 1. The monoisotopic (exact) mass is 286 g/mol. The van der Waals surface area contributed by atoms with Gasteiger partial charge in [0.15, 0.2) is 0 Å². The Labute approximate surface area is 123 Å². The maximum atomic E-state index is 11.3. The molecule has 1 aliphatic rings. The maximum Gasteiger partial charge on any atom is 0.308 e. The van der Waals surface area contributed by atoms with E-state index in [0.717, 1.165) is 28.9 Å². The van der Waals surface area contributed by atoms with Crippen molar-refractivity contribution in [1.82, 2.24) is 4.98 Å². The highest BCUT2D eigenvalue weighted by molar-refractivity contribution is 5.93. The zero-order valence-corrected chi connectivity index (χ0v) is 12.1. The van der Waals surface area contributed by atoms with Gasteiger partial charge in [-0.1, -0.05) is 0 Å². The maximum absolute atomic E-state index is 11.3. The molecule has 0 spiro atoms. The van der Waals surface area contributed by atoms with Gasteiger partial charge in [-0.2, -0.15) is 0 Å². The first-order chi connectivity index (χ1) is 10.1. The molecule has 3 rings (SSSR count). The highest BCUT2D eigenvalue weighted by Crippen LogP contribution is 2.34. The summed E-state index contributed by atoms with van der Waals surface area (Å²) < 4.78 is 5.25. The number of nitrogens with zero attached hydrogens (tertiary/aromatic N) is 2. The molecule has 1 aliphatic heterocycles. The zero-order valence-electron chi connectivity index (χ0n) is 12.1. The number of aromatic nitrogens is 1. The fourth-order valence-electron chi connectivity index (χ4n) is 3.06. The summed E-state index contributed by atoms with van der Waals surface area (Å²) in [7, 11) is 1.64. The SMILES string of the molecule is COc1ccc2c(N3CCC(C(=O)O)C3C)nccc2c1. The van der Waals surface area contributed by atoms with Crippen molar-refractivity contribution in [2.24, 2.45) is 5.92 Å². The molecule has 0 amide bonds. The van der Waals surface area contributed by atoms with Gasteiger partial charge in [-0.3, -0.25) is 4.79 Å². The van der Waals surface area contributed by atoms with Gasteiger partial charge in [0.05, 0.1) is 13.0 Å². The van der Waals surface area contributed by atoms with Crippen molar-refractivity contribution in [3.05, 3.63) is 30.5 Å². The summed E-state index contributed by atoms with van der Waals surface area (Å²) in [5, 5.41) is 11.3. The molecule has 0 aliphatic carbocycles. The summed E-state index contributed by atoms with van der Waals surface area (Å²) in [6.45, 7) is 2.67. The van der Waals surface area contributed by atoms with Crippen LogP contribution in [0.25, 0.3) is 10.8 Å². The fraction of sp³-hybridized carbons (Fsp3) is 0.375. The van der Waals surface area contributed by atoms with Gasteiger partial charge >= 0.3 is 5.97 Å². The first-order valence-electron chi connectivity index (χ1n) is 7.04. The Bertz CT molecular complexity index is 686. The van der Waals surface area contributed by atoms with Gasteiger partial charge in [-0.25, -0.2) is 4.98 Å². The Morgan fingerprint density at radius 2 is 2.24 bits per heavy atom. The van der Waals surface area contributed by atoms with E-state index in [-0.39, 0.29) is 12.0 Å². The normalized spacial score (nSPS) is 21.7. The van der Waals surface area contributed by atoms with Crippen LogP contribution in [0.2, 0.25) is 0 Å². The van der Waals surface area contributed by atoms with Crippen LogP contribution in [0.15, 0.2) is 30.5 Å². The standard InChI is InChI=1S/C16H18N2O3/c1-10-13(16(19)20)6-8-18(10)15-14-4-3-12(21-2)9-11(14)5-7-17-15/h3-5,7,9-10,13H,6,8H2,1-2H3,(H,19,20). The molecular formula is C16H18N2O3. The van der Waals surface area contributed by atoms with E-state index in [1.165, 1.54) is 0 Å². The van der Waals surface area contributed by atoms with Crippen LogP contribution in [0.3, 0.4) is 0 Å². The Morgan fingerprint density at radius 1 is 1.43 bits per heavy atom. The van der Waals surface area contributed by atoms with Gasteiger partial charge in [0.1, 0.15) is 11.6 Å². The largest absolute Gasteiger partial charge is 0.497 e. The number of ether oxygens (including phenoxy) is 1. The zero-order chi connectivity index (χ0) is 15.0. The van der Waals surface area contributed by atoms with Crippen molar-refractivity contribution in [3.8, 4) is 5.75 Å². The molecule has 1 N–H and O–H groups in total. The van der Waals surface area contributed by atoms with Crippen molar-refractivity contribution >= 4 is 22.6 Å². The van der Waals surface area contributed by atoms with Crippen LogP contribution < -0.4 is 9.64 Å². The molecule has 2 atom stereocenters. The lowest BCUT2D eigenvalue weighted by Gasteiger charge is -2.25. The lowest BCUT2D eigenvalue weighted by atomic mass is 10.0. The van der Waals surface area contributed by atoms with E-state index in [4.69, 9.17) is 4.74 Å². The smallest absolute Gasteiger partial charge is 0.308 e. The van der Waals surface area contributed by atoms with Crippen LogP contribution in [-0.2, 0) is 4.79 Å². The molecule has 2 unspecified atom stereocenters. The number of carboxylic acid groups (broad SMARTS) is 1. The minimum Gasteiger partial charge on any atom is -0.497 e. The van der Waals surface area contributed by atoms with E-state index in [2.05, 4.69) is 9.88 Å². The number of pyridine rings is 1. The van der Waals surface area contributed by atoms with Crippen molar-refractivity contribution in [2.45, 2.75) is 19.4 Å². The number of benzene rings is 1. The molecular weight excluding hydrogens is 268 g/mol. The molecule has 21 heavy (non-hydrogen) atoms. The van der Waals surface area contributed by atoms with Crippen LogP contribution >= 0.6 is 0 Å². The molecule has 2 aromatic rings. The van der Waals surface area contributed by atoms with E-state index < -0.39 is 5.97 Å². The van der Waals surface area contributed by atoms with Gasteiger partial charge in [-0.05, 0) is 43.0 Å². The van der Waals surface area contributed by atoms with E-state index in [0.29, 0.717) is 6.42 Å². The molecule has 1 aromatic heterocycles. The molecule has 0 saturated carbocycles. The van der Waals surface area contributed by atoms with Gasteiger partial charge in [0.25, 0.3) is 0 Å². The van der Waals surface area contributed by atoms with E-state index in [1.807, 2.05) is 31.2 Å². The minimum absolute atomic E-state index is 0.0531. The summed E-state index contributed by atoms with van der Waals surface area (Å²) in [5.41, 5.74) is 0. The van der Waals surface area contributed by atoms with Crippen LogP contribution in [0, 0.1) is 5.92 Å². The summed E-state index contributed by atoms with van der Waals surface area (Å²) in [5.74, 6) is 0.594. The number of anilines is 1. The van der Waals surface area contributed by atoms with Gasteiger partial charge in [0.2, 0.25) is 0 Å². The quantitative estimate of drug-likeness (QED) is 0.939. The van der Waals surface area contributed by atoms with Crippen LogP contribution in [0.1, 0.15) is 13.3 Å². The first-order valence-corrected chi connectivity index (χ1v) is 7.04. The average Bonchev–Trinajstić information content (AvgIpc) is 2.87. The number of carbonyl (C=O) groups is 1. The Morgan fingerprint density at radius 3 is 2.90 bits per heavy atom. The van der Waals surface area contributed by atoms with Crippen molar-refractivity contribution < 1.29 is 14.6 Å². The molecule has 1 saturated heterocycles. The third-order valence-corrected chi connectivity index (χ3v) is 4.29. The van der Waals surface area contributed by atoms with Crippen molar-refractivity contribution in [1.29, 1.82) is 0 Å². The Kier molecular flexibility index (Phi) is 3.41. The second kappa shape index (κ2) is 5.24. The summed E-state index contributed by atoms with van der Waals surface area (Å²) >= 11 is 0. The number of rotatable bonds is 3. The van der Waals surface area contributed by atoms with Crippen LogP contribution in [0.5, 0.6) is 5.75 Å². The van der Waals surface area contributed by atoms with Crippen molar-refractivity contribution in [2.75, 3.05) is 18.6 Å². The molecule has 1 fully saturated rings. The van der Waals surface area contributed by atoms with Crippen LogP contribution in [0.4, 0.5) is 5.82 Å². The third-order valence-electron chi connectivity index (χ3n) is 4.29. The summed E-state index contributed by atoms with van der Waals surface area (Å²) in [6.07, 6.45) is 2.42. The number of hydrogen-bond donors (Lipinski definition) is 1. The minimum atomic E-state index is -0.730. The summed E-state index contributed by atoms with van der Waals surface area (Å²) in [4.78, 5) is 17.8. The lowest BCUT2D eigenvalue weighted by molar-refractivity contribution is -0.141. The van der Waals surface area contributed by atoms with E-state index >= 15 is 0 Å². The number of fused-ring (bicyclic) bond motifs is 1. The summed E-state index contributed by atoms with van der Waals surface area (Å²) in [6, 6.07) is 7.75. The van der Waals surface area contributed by atoms with Gasteiger partial charge < -0.3 is 14.7 Å². The molecule has 110 valence electrons. The van der Waals surface area contributed by atoms with Crippen LogP contribution in [-0.4, -0.2) is 35.8 Å². The number of aliphatic carboxylic acids is 1. The number of hydrogen-bond acceptors (Lipinski definition) is 4. The molecule has 0 bridgehead atoms. The predicted molar refractivity (Wildman–Crippen MR) is 80.8 cm³/mol. The Hall–Kier alpha value is -2.30. The topological polar surface area (TPSA) is 62.7 Å². The number of methoxy groups -OCH3 is 1. The predicted octanol–water partition coefficient (Wildman–Crippen LogP) is 2.54. The first kappa shape index (κ1) is 13.7. The molecule has 5 nitrogen and oxygen atoms in total. The molecule has 0 radical (unpaired) electrons. The second-order valence-electron chi connectivity index (χ2n) is 5.39. The van der Waals surface area contributed by atoms with E-state index in [9.17, 15) is 9.90 Å².